The predicted octanol–water partition coefficient (Wildman–Crippen LogP) is 4.02. The number of benzene rings is 2. The molecule has 0 amide bonds. The van der Waals surface area contributed by atoms with Crippen LogP contribution in [0.3, 0.4) is 0 Å². The van der Waals surface area contributed by atoms with E-state index in [0.717, 1.165) is 4.47 Å². The molecule has 0 radical (unpaired) electrons. The molecule has 2 nitrogen and oxygen atoms in total. The molecule has 2 aromatic carbocycles. The first kappa shape index (κ1) is 14.0. The quantitative estimate of drug-likeness (QED) is 0.920. The van der Waals surface area contributed by atoms with Crippen molar-refractivity contribution in [3.8, 4) is 11.5 Å². The van der Waals surface area contributed by atoms with Crippen LogP contribution in [0, 0.1) is 11.6 Å². The third-order valence-corrected chi connectivity index (χ3v) is 3.05. The Morgan fingerprint density at radius 2 is 1.63 bits per heavy atom. The Morgan fingerprint density at radius 1 is 1.05 bits per heavy atom. The molecular formula is C14H12BrF2NO. The van der Waals surface area contributed by atoms with Crippen molar-refractivity contribution in [3.63, 3.8) is 0 Å². The van der Waals surface area contributed by atoms with Crippen molar-refractivity contribution >= 4 is 15.9 Å². The van der Waals surface area contributed by atoms with E-state index in [9.17, 15) is 8.78 Å². The minimum atomic E-state index is -0.730. The highest BCUT2D eigenvalue weighted by atomic mass is 79.9. The first-order valence-electron chi connectivity index (χ1n) is 5.71. The van der Waals surface area contributed by atoms with Gasteiger partial charge in [0.2, 0.25) is 0 Å². The molecular weight excluding hydrogens is 316 g/mol. The van der Waals surface area contributed by atoms with Crippen LogP contribution in [0.1, 0.15) is 5.56 Å². The normalized spacial score (nSPS) is 10.5. The van der Waals surface area contributed by atoms with Gasteiger partial charge in [0.1, 0.15) is 5.75 Å². The van der Waals surface area contributed by atoms with Gasteiger partial charge < -0.3 is 10.5 Å². The highest BCUT2D eigenvalue weighted by molar-refractivity contribution is 9.10. The van der Waals surface area contributed by atoms with E-state index >= 15 is 0 Å². The maximum absolute atomic E-state index is 13.8. The number of hydrogen-bond donors (Lipinski definition) is 1. The maximum Gasteiger partial charge on any atom is 0.198 e. The summed E-state index contributed by atoms with van der Waals surface area (Å²) < 4.78 is 33.7. The smallest absolute Gasteiger partial charge is 0.198 e. The Hall–Kier alpha value is -1.46. The summed E-state index contributed by atoms with van der Waals surface area (Å²) in [5.74, 6) is -1.49. The molecule has 0 atom stereocenters. The van der Waals surface area contributed by atoms with Crippen LogP contribution in [0.25, 0.3) is 0 Å². The predicted molar refractivity (Wildman–Crippen MR) is 73.3 cm³/mol. The SMILES string of the molecule is NCCc1cc(F)c(Oc2ccc(Br)cc2)c(F)c1. The van der Waals surface area contributed by atoms with Crippen LogP contribution in [-0.4, -0.2) is 6.54 Å². The fourth-order valence-electron chi connectivity index (χ4n) is 1.64. The number of rotatable bonds is 4. The van der Waals surface area contributed by atoms with E-state index in [0.29, 0.717) is 24.3 Å². The summed E-state index contributed by atoms with van der Waals surface area (Å²) in [5.41, 5.74) is 5.87. The Labute approximate surface area is 118 Å². The van der Waals surface area contributed by atoms with Gasteiger partial charge in [0.15, 0.2) is 17.4 Å². The molecule has 2 rings (SSSR count). The van der Waals surface area contributed by atoms with Crippen LogP contribution >= 0.6 is 15.9 Å². The second-order valence-corrected chi connectivity index (χ2v) is 4.90. The average Bonchev–Trinajstić information content (AvgIpc) is 2.36. The molecule has 0 aromatic heterocycles. The zero-order valence-electron chi connectivity index (χ0n) is 10.00. The van der Waals surface area contributed by atoms with Crippen LogP contribution in [0.5, 0.6) is 11.5 Å². The fourth-order valence-corrected chi connectivity index (χ4v) is 1.91. The van der Waals surface area contributed by atoms with Crippen LogP contribution < -0.4 is 10.5 Å². The second kappa shape index (κ2) is 6.12. The summed E-state index contributed by atoms with van der Waals surface area (Å²) in [6.07, 6.45) is 0.423. The summed E-state index contributed by atoms with van der Waals surface area (Å²) in [6.45, 7) is 0.339. The van der Waals surface area contributed by atoms with Crippen molar-refractivity contribution in [2.75, 3.05) is 6.54 Å². The van der Waals surface area contributed by atoms with Gasteiger partial charge in [-0.25, -0.2) is 8.78 Å². The third kappa shape index (κ3) is 3.52. The number of halogens is 3. The molecule has 0 saturated heterocycles. The molecule has 0 saturated carbocycles. The summed E-state index contributed by atoms with van der Waals surface area (Å²) in [4.78, 5) is 0. The van der Waals surface area contributed by atoms with Crippen molar-refractivity contribution in [3.05, 3.63) is 58.1 Å². The lowest BCUT2D eigenvalue weighted by Gasteiger charge is -2.09. The lowest BCUT2D eigenvalue weighted by molar-refractivity contribution is 0.406. The van der Waals surface area contributed by atoms with E-state index < -0.39 is 17.4 Å². The molecule has 0 unspecified atom stereocenters. The molecule has 0 fully saturated rings. The van der Waals surface area contributed by atoms with Crippen molar-refractivity contribution < 1.29 is 13.5 Å². The van der Waals surface area contributed by atoms with Gasteiger partial charge in [-0.3, -0.25) is 0 Å². The Balaban J connectivity index is 2.27. The highest BCUT2D eigenvalue weighted by Crippen LogP contribution is 2.29. The van der Waals surface area contributed by atoms with E-state index in [4.69, 9.17) is 10.5 Å². The van der Waals surface area contributed by atoms with Gasteiger partial charge in [0, 0.05) is 4.47 Å². The van der Waals surface area contributed by atoms with Gasteiger partial charge in [0.25, 0.3) is 0 Å². The van der Waals surface area contributed by atoms with Gasteiger partial charge in [-0.05, 0) is 54.9 Å². The largest absolute Gasteiger partial charge is 0.451 e. The molecule has 5 heteroatoms. The summed E-state index contributed by atoms with van der Waals surface area (Å²) >= 11 is 3.27. The minimum Gasteiger partial charge on any atom is -0.451 e. The zero-order valence-corrected chi connectivity index (χ0v) is 11.6. The molecule has 2 N–H and O–H groups in total. The van der Waals surface area contributed by atoms with Crippen LogP contribution in [-0.2, 0) is 6.42 Å². The number of ether oxygens (including phenoxy) is 1. The van der Waals surface area contributed by atoms with Gasteiger partial charge >= 0.3 is 0 Å². The molecule has 2 aromatic rings. The standard InChI is InChI=1S/C14H12BrF2NO/c15-10-1-3-11(4-2-10)19-14-12(16)7-9(5-6-18)8-13(14)17/h1-4,7-8H,5-6,18H2. The monoisotopic (exact) mass is 327 g/mol. The average molecular weight is 328 g/mol. The zero-order chi connectivity index (χ0) is 13.8. The molecule has 0 heterocycles. The van der Waals surface area contributed by atoms with Crippen molar-refractivity contribution in [1.29, 1.82) is 0 Å². The third-order valence-electron chi connectivity index (χ3n) is 2.52. The van der Waals surface area contributed by atoms with Crippen molar-refractivity contribution in [1.82, 2.24) is 0 Å². The summed E-state index contributed by atoms with van der Waals surface area (Å²) in [5, 5.41) is 0. The molecule has 100 valence electrons. The number of nitrogens with two attached hydrogens (primary N) is 1. The topological polar surface area (TPSA) is 35.2 Å². The van der Waals surface area contributed by atoms with Crippen LogP contribution in [0.15, 0.2) is 40.9 Å². The molecule has 0 spiro atoms. The van der Waals surface area contributed by atoms with E-state index in [-0.39, 0.29) is 0 Å². The van der Waals surface area contributed by atoms with Crippen molar-refractivity contribution in [2.24, 2.45) is 5.73 Å². The van der Waals surface area contributed by atoms with Crippen LogP contribution in [0.2, 0.25) is 0 Å². The van der Waals surface area contributed by atoms with E-state index in [1.165, 1.54) is 12.1 Å². The van der Waals surface area contributed by atoms with E-state index in [1.54, 1.807) is 24.3 Å². The Bertz CT molecular complexity index is 549. The second-order valence-electron chi connectivity index (χ2n) is 3.98. The van der Waals surface area contributed by atoms with Gasteiger partial charge in [-0.1, -0.05) is 15.9 Å². The molecule has 19 heavy (non-hydrogen) atoms. The van der Waals surface area contributed by atoms with Gasteiger partial charge in [-0.15, -0.1) is 0 Å². The van der Waals surface area contributed by atoms with Gasteiger partial charge in [0.05, 0.1) is 0 Å². The van der Waals surface area contributed by atoms with E-state index in [1.807, 2.05) is 0 Å². The lowest BCUT2D eigenvalue weighted by atomic mass is 10.1. The first-order valence-corrected chi connectivity index (χ1v) is 6.51. The lowest BCUT2D eigenvalue weighted by Crippen LogP contribution is -2.04. The number of hydrogen-bond acceptors (Lipinski definition) is 2. The molecule has 0 bridgehead atoms. The molecule has 0 aliphatic carbocycles. The molecule has 0 aliphatic rings. The first-order chi connectivity index (χ1) is 9.10. The van der Waals surface area contributed by atoms with E-state index in [2.05, 4.69) is 15.9 Å². The Kier molecular flexibility index (Phi) is 4.50. The Morgan fingerprint density at radius 3 is 2.16 bits per heavy atom. The minimum absolute atomic E-state index is 0.339. The maximum atomic E-state index is 13.8. The van der Waals surface area contributed by atoms with Crippen molar-refractivity contribution in [2.45, 2.75) is 6.42 Å². The van der Waals surface area contributed by atoms with Crippen LogP contribution in [0.4, 0.5) is 8.78 Å². The molecule has 0 aliphatic heterocycles. The highest BCUT2D eigenvalue weighted by Gasteiger charge is 2.13. The summed E-state index contributed by atoms with van der Waals surface area (Å²) in [7, 11) is 0. The van der Waals surface area contributed by atoms with Gasteiger partial charge in [-0.2, -0.15) is 0 Å². The summed E-state index contributed by atoms with van der Waals surface area (Å²) in [6, 6.07) is 9.18. The fraction of sp³-hybridized carbons (Fsp3) is 0.143.